The van der Waals surface area contributed by atoms with Crippen molar-refractivity contribution in [2.24, 2.45) is 0 Å². The van der Waals surface area contributed by atoms with E-state index in [1.54, 1.807) is 0 Å². The Hall–Kier alpha value is -0.960. The molecule has 0 bridgehead atoms. The third kappa shape index (κ3) is 3.33. The first-order valence-corrected chi connectivity index (χ1v) is 6.78. The van der Waals surface area contributed by atoms with Gasteiger partial charge in [0.15, 0.2) is 0 Å². The number of anilines is 1. The highest BCUT2D eigenvalue weighted by atomic mass is 35.5. The van der Waals surface area contributed by atoms with Crippen LogP contribution in [0.2, 0.25) is 15.1 Å². The van der Waals surface area contributed by atoms with Crippen molar-refractivity contribution >= 4 is 40.5 Å². The fourth-order valence-electron chi connectivity index (χ4n) is 1.80. The van der Waals surface area contributed by atoms with Gasteiger partial charge < -0.3 is 5.32 Å². The van der Waals surface area contributed by atoms with Crippen molar-refractivity contribution in [3.63, 3.8) is 0 Å². The van der Waals surface area contributed by atoms with Gasteiger partial charge in [-0.25, -0.2) is 4.39 Å². The van der Waals surface area contributed by atoms with Crippen molar-refractivity contribution in [1.29, 1.82) is 0 Å². The lowest BCUT2D eigenvalue weighted by atomic mass is 10.1. The Kier molecular flexibility index (Phi) is 4.56. The molecule has 0 heterocycles. The van der Waals surface area contributed by atoms with Gasteiger partial charge in [-0.15, -0.1) is 0 Å². The van der Waals surface area contributed by atoms with E-state index in [0.717, 1.165) is 5.56 Å². The zero-order chi connectivity index (χ0) is 14.0. The van der Waals surface area contributed by atoms with Gasteiger partial charge in [-0.1, -0.05) is 53.0 Å². The topological polar surface area (TPSA) is 12.0 Å². The molecule has 0 amide bonds. The van der Waals surface area contributed by atoms with Crippen LogP contribution in [0.4, 0.5) is 10.1 Å². The lowest BCUT2D eigenvalue weighted by Crippen LogP contribution is -2.08. The fourth-order valence-corrected chi connectivity index (χ4v) is 2.67. The molecule has 0 aliphatic carbocycles. The molecule has 0 fully saturated rings. The predicted molar refractivity (Wildman–Crippen MR) is 79.9 cm³/mol. The largest absolute Gasteiger partial charge is 0.376 e. The molecule has 1 atom stereocenters. The zero-order valence-corrected chi connectivity index (χ0v) is 12.3. The van der Waals surface area contributed by atoms with Crippen molar-refractivity contribution in [2.75, 3.05) is 5.32 Å². The van der Waals surface area contributed by atoms with Crippen LogP contribution in [0, 0.1) is 5.82 Å². The average molecular weight is 319 g/mol. The Balaban J connectivity index is 2.29. The summed E-state index contributed by atoms with van der Waals surface area (Å²) < 4.78 is 13.1. The second-order valence-electron chi connectivity index (χ2n) is 4.13. The number of halogens is 4. The smallest absolute Gasteiger partial charge is 0.126 e. The van der Waals surface area contributed by atoms with Crippen LogP contribution in [0.15, 0.2) is 36.4 Å². The predicted octanol–water partition coefficient (Wildman–Crippen LogP) is 5.96. The number of benzene rings is 2. The number of hydrogen-bond acceptors (Lipinski definition) is 1. The summed E-state index contributed by atoms with van der Waals surface area (Å²) in [5, 5.41) is 4.28. The van der Waals surface area contributed by atoms with E-state index in [9.17, 15) is 4.39 Å². The Bertz CT molecular complexity index is 578. The second-order valence-corrected chi connectivity index (χ2v) is 5.35. The third-order valence-corrected chi connectivity index (χ3v) is 3.68. The van der Waals surface area contributed by atoms with Gasteiger partial charge in [0, 0.05) is 5.02 Å². The van der Waals surface area contributed by atoms with Crippen LogP contribution >= 0.6 is 34.8 Å². The standard InChI is InChI=1S/C14H11Cl3FN/c1-8(10-4-2-3-5-11(10)15)19-14-12(16)6-9(18)7-13(14)17/h2-8,19H,1H3. The van der Waals surface area contributed by atoms with Gasteiger partial charge in [0.05, 0.1) is 21.8 Å². The normalized spacial score (nSPS) is 12.3. The monoisotopic (exact) mass is 317 g/mol. The average Bonchev–Trinajstić information content (AvgIpc) is 2.34. The van der Waals surface area contributed by atoms with E-state index >= 15 is 0 Å². The molecule has 0 saturated heterocycles. The minimum atomic E-state index is -0.467. The molecule has 0 radical (unpaired) electrons. The second kappa shape index (κ2) is 6.00. The molecule has 0 saturated carbocycles. The molecular weight excluding hydrogens is 308 g/mol. The van der Waals surface area contributed by atoms with Crippen LogP contribution in [0.3, 0.4) is 0 Å². The summed E-state index contributed by atoms with van der Waals surface area (Å²) in [5.74, 6) is -0.467. The molecule has 5 heteroatoms. The molecular formula is C14H11Cl3FN. The number of nitrogens with one attached hydrogen (secondary N) is 1. The highest BCUT2D eigenvalue weighted by molar-refractivity contribution is 6.39. The molecule has 2 aromatic rings. The Labute approximate surface area is 126 Å². The van der Waals surface area contributed by atoms with Gasteiger partial charge in [-0.3, -0.25) is 0 Å². The minimum Gasteiger partial charge on any atom is -0.376 e. The molecule has 0 aromatic heterocycles. The Morgan fingerprint density at radius 1 is 1.00 bits per heavy atom. The Morgan fingerprint density at radius 3 is 2.16 bits per heavy atom. The van der Waals surface area contributed by atoms with Gasteiger partial charge in [-0.2, -0.15) is 0 Å². The zero-order valence-electron chi connectivity index (χ0n) is 10.1. The SMILES string of the molecule is CC(Nc1c(Cl)cc(F)cc1Cl)c1ccccc1Cl. The maximum atomic E-state index is 13.1. The van der Waals surface area contributed by atoms with Crippen molar-refractivity contribution in [2.45, 2.75) is 13.0 Å². The molecule has 1 unspecified atom stereocenters. The first kappa shape index (κ1) is 14.4. The summed E-state index contributed by atoms with van der Waals surface area (Å²) in [6, 6.07) is 9.80. The van der Waals surface area contributed by atoms with Crippen LogP contribution in [-0.2, 0) is 0 Å². The summed E-state index contributed by atoms with van der Waals surface area (Å²) >= 11 is 18.1. The molecule has 0 aliphatic rings. The summed E-state index contributed by atoms with van der Waals surface area (Å²) in [6.07, 6.45) is 0. The van der Waals surface area contributed by atoms with Gasteiger partial charge in [-0.05, 0) is 30.7 Å². The quantitative estimate of drug-likeness (QED) is 0.736. The van der Waals surface area contributed by atoms with E-state index in [-0.39, 0.29) is 16.1 Å². The molecule has 0 spiro atoms. The van der Waals surface area contributed by atoms with Gasteiger partial charge >= 0.3 is 0 Å². The number of hydrogen-bond donors (Lipinski definition) is 1. The van der Waals surface area contributed by atoms with E-state index in [2.05, 4.69) is 5.32 Å². The van der Waals surface area contributed by atoms with E-state index in [4.69, 9.17) is 34.8 Å². The van der Waals surface area contributed by atoms with Crippen LogP contribution < -0.4 is 5.32 Å². The van der Waals surface area contributed by atoms with E-state index in [1.807, 2.05) is 31.2 Å². The van der Waals surface area contributed by atoms with Gasteiger partial charge in [0.2, 0.25) is 0 Å². The molecule has 0 aliphatic heterocycles. The van der Waals surface area contributed by atoms with Crippen LogP contribution in [-0.4, -0.2) is 0 Å². The number of rotatable bonds is 3. The van der Waals surface area contributed by atoms with Gasteiger partial charge in [0.1, 0.15) is 5.82 Å². The summed E-state index contributed by atoms with van der Waals surface area (Å²) in [7, 11) is 0. The van der Waals surface area contributed by atoms with Gasteiger partial charge in [0.25, 0.3) is 0 Å². The molecule has 1 nitrogen and oxygen atoms in total. The van der Waals surface area contributed by atoms with Crippen molar-refractivity contribution in [1.82, 2.24) is 0 Å². The molecule has 2 rings (SSSR count). The lowest BCUT2D eigenvalue weighted by molar-refractivity contribution is 0.628. The minimum absolute atomic E-state index is 0.103. The highest BCUT2D eigenvalue weighted by Gasteiger charge is 2.14. The van der Waals surface area contributed by atoms with Crippen LogP contribution in [0.1, 0.15) is 18.5 Å². The molecule has 100 valence electrons. The van der Waals surface area contributed by atoms with E-state index < -0.39 is 5.82 Å². The molecule has 2 aromatic carbocycles. The summed E-state index contributed by atoms with van der Waals surface area (Å²) in [4.78, 5) is 0. The lowest BCUT2D eigenvalue weighted by Gasteiger charge is -2.19. The Morgan fingerprint density at radius 2 is 1.58 bits per heavy atom. The van der Waals surface area contributed by atoms with E-state index in [0.29, 0.717) is 10.7 Å². The maximum absolute atomic E-state index is 13.1. The fraction of sp³-hybridized carbons (Fsp3) is 0.143. The maximum Gasteiger partial charge on any atom is 0.126 e. The van der Waals surface area contributed by atoms with Crippen molar-refractivity contribution in [3.8, 4) is 0 Å². The van der Waals surface area contributed by atoms with E-state index in [1.165, 1.54) is 12.1 Å². The van der Waals surface area contributed by atoms with Crippen molar-refractivity contribution < 1.29 is 4.39 Å². The summed E-state index contributed by atoms with van der Waals surface area (Å²) in [5.41, 5.74) is 1.41. The molecule has 19 heavy (non-hydrogen) atoms. The van der Waals surface area contributed by atoms with Crippen molar-refractivity contribution in [3.05, 3.63) is 62.8 Å². The highest BCUT2D eigenvalue weighted by Crippen LogP contribution is 2.35. The molecule has 1 N–H and O–H groups in total. The first-order valence-electron chi connectivity index (χ1n) is 5.64. The summed E-state index contributed by atoms with van der Waals surface area (Å²) in [6.45, 7) is 1.93. The first-order chi connectivity index (χ1) is 8.99. The van der Waals surface area contributed by atoms with Crippen LogP contribution in [0.5, 0.6) is 0 Å². The van der Waals surface area contributed by atoms with Crippen LogP contribution in [0.25, 0.3) is 0 Å². The third-order valence-electron chi connectivity index (χ3n) is 2.74.